The lowest BCUT2D eigenvalue weighted by Gasteiger charge is -2.55. The van der Waals surface area contributed by atoms with Gasteiger partial charge in [0.1, 0.15) is 18.0 Å². The Morgan fingerprint density at radius 3 is 2.26 bits per heavy atom. The Hall–Kier alpha value is -4.24. The molecule has 3 aromatic rings. The van der Waals surface area contributed by atoms with E-state index in [4.69, 9.17) is 0 Å². The highest BCUT2D eigenvalue weighted by molar-refractivity contribution is 5.92. The molecule has 196 valence electrons. The van der Waals surface area contributed by atoms with Crippen LogP contribution in [0, 0.1) is 5.82 Å². The van der Waals surface area contributed by atoms with Crippen molar-refractivity contribution in [2.75, 3.05) is 20.1 Å². The van der Waals surface area contributed by atoms with Gasteiger partial charge in [0.05, 0.1) is 19.1 Å². The molecular formula is C29H30FN5O3. The Bertz CT molecular complexity index is 1300. The number of hydrogen-bond acceptors (Lipinski definition) is 4. The number of benzene rings is 3. The summed E-state index contributed by atoms with van der Waals surface area (Å²) in [5, 5.41) is 5.99. The first-order valence-electron chi connectivity index (χ1n) is 12.6. The molecule has 5 rings (SSSR count). The van der Waals surface area contributed by atoms with Crippen molar-refractivity contribution in [2.24, 2.45) is 0 Å². The second-order valence-electron chi connectivity index (χ2n) is 9.62. The van der Waals surface area contributed by atoms with E-state index in [1.807, 2.05) is 67.6 Å². The molecule has 0 aromatic heterocycles. The molecule has 3 atom stereocenters. The number of urea groups is 1. The zero-order chi connectivity index (χ0) is 26.8. The molecule has 38 heavy (non-hydrogen) atoms. The van der Waals surface area contributed by atoms with Crippen LogP contribution in [0.4, 0.5) is 9.18 Å². The van der Waals surface area contributed by atoms with Gasteiger partial charge in [-0.05, 0) is 35.7 Å². The Morgan fingerprint density at radius 1 is 0.974 bits per heavy atom. The van der Waals surface area contributed by atoms with Gasteiger partial charge in [0.2, 0.25) is 5.91 Å². The van der Waals surface area contributed by atoms with E-state index in [0.717, 1.165) is 11.1 Å². The topological polar surface area (TPSA) is 76.2 Å². The standard InChI is InChI=1S/C29H30FN5O3/c1-20(22-9-5-3-6-10-22)33-18-25-34(27(28(33)37)23-11-7-4-8-12-23)26(36)19-32(2)35(25)29(38)31-17-21-13-15-24(30)16-14-21/h3-16,20,25,27H,17-19H2,1-2H3,(H,31,38)/t20-,25+,27+/m1/s1. The average Bonchev–Trinajstić information content (AvgIpc) is 2.93. The second-order valence-corrected chi connectivity index (χ2v) is 9.62. The number of piperazine rings is 1. The first-order valence-corrected chi connectivity index (χ1v) is 12.6. The molecule has 0 unspecified atom stereocenters. The number of hydrazine groups is 1. The SMILES string of the molecule is C[C@H](c1ccccc1)N1C[C@H]2N(C(=O)CN(C)N2C(=O)NCc2ccc(F)cc2)[C@@H](c2ccccc2)C1=O. The smallest absolute Gasteiger partial charge is 0.333 e. The fraction of sp³-hybridized carbons (Fsp3) is 0.276. The molecule has 0 radical (unpaired) electrons. The molecule has 8 nitrogen and oxygen atoms in total. The summed E-state index contributed by atoms with van der Waals surface area (Å²) < 4.78 is 13.3. The summed E-state index contributed by atoms with van der Waals surface area (Å²) in [5.74, 6) is -0.765. The van der Waals surface area contributed by atoms with Crippen LogP contribution in [0.3, 0.4) is 0 Å². The van der Waals surface area contributed by atoms with Crippen molar-refractivity contribution in [1.29, 1.82) is 0 Å². The highest BCUT2D eigenvalue weighted by Crippen LogP contribution is 2.37. The molecular weight excluding hydrogens is 485 g/mol. The number of nitrogens with zero attached hydrogens (tertiary/aromatic N) is 4. The van der Waals surface area contributed by atoms with Gasteiger partial charge < -0.3 is 15.1 Å². The highest BCUT2D eigenvalue weighted by atomic mass is 19.1. The summed E-state index contributed by atoms with van der Waals surface area (Å²) in [7, 11) is 1.69. The van der Waals surface area contributed by atoms with Gasteiger partial charge in [0.15, 0.2) is 0 Å². The first kappa shape index (κ1) is 25.4. The number of rotatable bonds is 5. The van der Waals surface area contributed by atoms with E-state index >= 15 is 0 Å². The van der Waals surface area contributed by atoms with E-state index in [0.29, 0.717) is 5.56 Å². The van der Waals surface area contributed by atoms with Crippen LogP contribution < -0.4 is 5.32 Å². The lowest BCUT2D eigenvalue weighted by Crippen LogP contribution is -2.73. The average molecular weight is 516 g/mol. The lowest BCUT2D eigenvalue weighted by molar-refractivity contribution is -0.189. The van der Waals surface area contributed by atoms with Gasteiger partial charge in [-0.3, -0.25) is 9.59 Å². The quantitative estimate of drug-likeness (QED) is 0.562. The molecule has 2 fully saturated rings. The molecule has 9 heteroatoms. The molecule has 0 spiro atoms. The predicted octanol–water partition coefficient (Wildman–Crippen LogP) is 3.70. The maximum Gasteiger partial charge on any atom is 0.334 e. The minimum atomic E-state index is -0.866. The summed E-state index contributed by atoms with van der Waals surface area (Å²) in [6.07, 6.45) is -0.719. The van der Waals surface area contributed by atoms with Crippen molar-refractivity contribution in [3.63, 3.8) is 0 Å². The van der Waals surface area contributed by atoms with Crippen molar-refractivity contribution < 1.29 is 18.8 Å². The molecule has 3 aromatic carbocycles. The zero-order valence-electron chi connectivity index (χ0n) is 21.3. The van der Waals surface area contributed by atoms with Crippen molar-refractivity contribution in [2.45, 2.75) is 31.7 Å². The molecule has 0 aliphatic carbocycles. The van der Waals surface area contributed by atoms with Gasteiger partial charge >= 0.3 is 6.03 Å². The summed E-state index contributed by atoms with van der Waals surface area (Å²) in [6, 6.07) is 23.3. The van der Waals surface area contributed by atoms with Crippen molar-refractivity contribution in [3.8, 4) is 0 Å². The van der Waals surface area contributed by atoms with Gasteiger partial charge in [0.25, 0.3) is 5.91 Å². The molecule has 4 amide bonds. The van der Waals surface area contributed by atoms with Gasteiger partial charge in [-0.25, -0.2) is 19.2 Å². The minimum absolute atomic E-state index is 0.0503. The number of nitrogens with one attached hydrogen (secondary N) is 1. The number of carbonyl (C=O) groups is 3. The van der Waals surface area contributed by atoms with E-state index in [1.54, 1.807) is 34.0 Å². The number of likely N-dealkylation sites (N-methyl/N-ethyl adjacent to an activating group) is 1. The number of amides is 4. The van der Waals surface area contributed by atoms with Crippen LogP contribution in [0.25, 0.3) is 0 Å². The van der Waals surface area contributed by atoms with Gasteiger partial charge in [-0.2, -0.15) is 0 Å². The summed E-state index contributed by atoms with van der Waals surface area (Å²) in [4.78, 5) is 44.3. The van der Waals surface area contributed by atoms with E-state index < -0.39 is 18.2 Å². The number of hydrogen-bond donors (Lipinski definition) is 1. The van der Waals surface area contributed by atoms with Crippen molar-refractivity contribution in [3.05, 3.63) is 107 Å². The molecule has 1 N–H and O–H groups in total. The Labute approximate surface area is 221 Å². The molecule has 0 saturated carbocycles. The van der Waals surface area contributed by atoms with Crippen LogP contribution >= 0.6 is 0 Å². The molecule has 0 bridgehead atoms. The summed E-state index contributed by atoms with van der Waals surface area (Å²) >= 11 is 0. The fourth-order valence-corrected chi connectivity index (χ4v) is 5.24. The normalized spacial score (nSPS) is 20.8. The number of halogens is 1. The molecule has 2 aliphatic rings. The number of fused-ring (bicyclic) bond motifs is 1. The third kappa shape index (κ3) is 4.84. The monoisotopic (exact) mass is 515 g/mol. The first-order chi connectivity index (χ1) is 18.3. The largest absolute Gasteiger partial charge is 0.334 e. The Morgan fingerprint density at radius 2 is 1.61 bits per heavy atom. The third-order valence-corrected chi connectivity index (χ3v) is 7.21. The van der Waals surface area contributed by atoms with Crippen molar-refractivity contribution in [1.82, 2.24) is 25.1 Å². The van der Waals surface area contributed by atoms with E-state index in [1.165, 1.54) is 17.1 Å². The number of carbonyl (C=O) groups excluding carboxylic acids is 3. The van der Waals surface area contributed by atoms with E-state index in [-0.39, 0.29) is 43.3 Å². The van der Waals surface area contributed by atoms with Gasteiger partial charge in [-0.1, -0.05) is 72.8 Å². The zero-order valence-corrected chi connectivity index (χ0v) is 21.3. The van der Waals surface area contributed by atoms with Crippen LogP contribution in [0.2, 0.25) is 0 Å². The fourth-order valence-electron chi connectivity index (χ4n) is 5.24. The van der Waals surface area contributed by atoms with Crippen LogP contribution in [0.1, 0.15) is 35.7 Å². The Kier molecular flexibility index (Phi) is 7.11. The molecule has 2 heterocycles. The van der Waals surface area contributed by atoms with Crippen LogP contribution in [-0.2, 0) is 16.1 Å². The Balaban J connectivity index is 1.49. The van der Waals surface area contributed by atoms with Crippen LogP contribution in [-0.4, -0.2) is 64.0 Å². The van der Waals surface area contributed by atoms with Crippen LogP contribution in [0.15, 0.2) is 84.9 Å². The summed E-state index contributed by atoms with van der Waals surface area (Å²) in [5.41, 5.74) is 2.40. The van der Waals surface area contributed by atoms with Gasteiger partial charge in [-0.15, -0.1) is 0 Å². The van der Waals surface area contributed by atoms with E-state index in [9.17, 15) is 18.8 Å². The van der Waals surface area contributed by atoms with E-state index in [2.05, 4.69) is 5.32 Å². The maximum atomic E-state index is 14.0. The second kappa shape index (κ2) is 10.6. The van der Waals surface area contributed by atoms with Crippen LogP contribution in [0.5, 0.6) is 0 Å². The maximum absolute atomic E-state index is 14.0. The van der Waals surface area contributed by atoms with Crippen molar-refractivity contribution >= 4 is 17.8 Å². The summed E-state index contributed by atoms with van der Waals surface area (Å²) in [6.45, 7) is 2.25. The molecule has 2 aliphatic heterocycles. The minimum Gasteiger partial charge on any atom is -0.333 e. The van der Waals surface area contributed by atoms with Gasteiger partial charge in [0, 0.05) is 13.6 Å². The lowest BCUT2D eigenvalue weighted by atomic mass is 9.96. The predicted molar refractivity (Wildman–Crippen MR) is 139 cm³/mol. The highest BCUT2D eigenvalue weighted by Gasteiger charge is 2.52. The molecule has 2 saturated heterocycles. The third-order valence-electron chi connectivity index (χ3n) is 7.21.